The third-order valence-corrected chi connectivity index (χ3v) is 9.28. The van der Waals surface area contributed by atoms with Crippen molar-refractivity contribution in [1.82, 2.24) is 29.7 Å². The molecule has 0 saturated carbocycles. The SMILES string of the molecule is NC(=O)c1cc([C@@H]2O[C@@H]3COP(=O)(O)O[C@H]4[C@@H](F)[C@H](n5cnc6c(N)ncnc65)O[C@@H]4COP(O)(=S)O[C@@H]2[C@@H]3O)[nH]n1. The molecule has 10 atom stereocenters. The van der Waals surface area contributed by atoms with E-state index >= 15 is 4.39 Å². The van der Waals surface area contributed by atoms with Crippen LogP contribution in [0.25, 0.3) is 11.2 Å². The molecule has 6 rings (SSSR count). The topological polar surface area (TPSA) is 275 Å². The maximum Gasteiger partial charge on any atom is 0.472 e. The number of alkyl halides is 1. The van der Waals surface area contributed by atoms with Crippen LogP contribution in [0.15, 0.2) is 18.7 Å². The number of aromatic amines is 1. The normalized spacial score (nSPS) is 39.3. The van der Waals surface area contributed by atoms with Crippen LogP contribution in [0.5, 0.6) is 0 Å². The molecule has 3 saturated heterocycles. The monoisotopic (exact) mass is 652 g/mol. The van der Waals surface area contributed by atoms with Gasteiger partial charge in [-0.1, -0.05) is 0 Å². The molecule has 3 aromatic rings. The number of fused-ring (bicyclic) bond motifs is 4. The number of halogens is 1. The molecule has 19 nitrogen and oxygen atoms in total. The lowest BCUT2D eigenvalue weighted by atomic mass is 10.1. The molecular weight excluding hydrogens is 629 g/mol. The molecule has 0 aromatic carbocycles. The van der Waals surface area contributed by atoms with Crippen molar-refractivity contribution in [3.05, 3.63) is 30.1 Å². The van der Waals surface area contributed by atoms with Crippen molar-refractivity contribution in [3.8, 4) is 0 Å². The number of ether oxygens (including phenoxy) is 2. The van der Waals surface area contributed by atoms with Crippen molar-refractivity contribution in [2.24, 2.45) is 5.73 Å². The van der Waals surface area contributed by atoms with Gasteiger partial charge in [-0.3, -0.25) is 28.0 Å². The average Bonchev–Trinajstić information content (AvgIpc) is 3.69. The predicted molar refractivity (Wildman–Crippen MR) is 137 cm³/mol. The van der Waals surface area contributed by atoms with Crippen molar-refractivity contribution in [1.29, 1.82) is 0 Å². The van der Waals surface area contributed by atoms with Crippen LogP contribution < -0.4 is 11.5 Å². The second kappa shape index (κ2) is 10.9. The third-order valence-electron chi connectivity index (χ3n) is 6.74. The Labute approximate surface area is 239 Å². The third kappa shape index (κ3) is 5.47. The number of carbonyl (C=O) groups excluding carboxylic acids is 1. The molecule has 3 fully saturated rings. The largest absolute Gasteiger partial charge is 0.472 e. The van der Waals surface area contributed by atoms with Crippen molar-refractivity contribution in [2.45, 2.75) is 49.0 Å². The number of H-pyrrole nitrogens is 1. The first-order valence-corrected chi connectivity index (χ1v) is 16.1. The number of nitrogens with zero attached hydrogens (tertiary/aromatic N) is 5. The molecule has 1 amide bonds. The zero-order valence-electron chi connectivity index (χ0n) is 20.9. The number of carbonyl (C=O) groups is 1. The summed E-state index contributed by atoms with van der Waals surface area (Å²) in [4.78, 5) is 44.8. The van der Waals surface area contributed by atoms with E-state index in [2.05, 4.69) is 25.1 Å². The van der Waals surface area contributed by atoms with Crippen LogP contribution in [0.2, 0.25) is 0 Å². The van der Waals surface area contributed by atoms with Gasteiger partial charge in [-0.05, 0) is 17.9 Å². The van der Waals surface area contributed by atoms with Crippen LogP contribution in [-0.4, -0.2) is 100 Å². The Balaban J connectivity index is 1.29. The summed E-state index contributed by atoms with van der Waals surface area (Å²) in [6, 6.07) is 1.22. The highest BCUT2D eigenvalue weighted by molar-refractivity contribution is 8.07. The Hall–Kier alpha value is -2.52. The lowest BCUT2D eigenvalue weighted by Crippen LogP contribution is -2.34. The van der Waals surface area contributed by atoms with Gasteiger partial charge in [0, 0.05) is 0 Å². The number of aliphatic hydroxyl groups excluding tert-OH is 1. The Morgan fingerprint density at radius 3 is 2.64 bits per heavy atom. The van der Waals surface area contributed by atoms with Gasteiger partial charge in [0.25, 0.3) is 5.91 Å². The molecule has 23 heteroatoms. The number of imidazole rings is 1. The highest BCUT2D eigenvalue weighted by Crippen LogP contribution is 2.54. The summed E-state index contributed by atoms with van der Waals surface area (Å²) < 4.78 is 62.7. The second-order valence-electron chi connectivity index (χ2n) is 9.42. The summed E-state index contributed by atoms with van der Waals surface area (Å²) in [5, 5.41) is 17.1. The van der Waals surface area contributed by atoms with Crippen molar-refractivity contribution < 1.29 is 56.2 Å². The zero-order valence-corrected chi connectivity index (χ0v) is 23.5. The van der Waals surface area contributed by atoms with Crippen molar-refractivity contribution in [3.63, 3.8) is 0 Å². The summed E-state index contributed by atoms with van der Waals surface area (Å²) in [6.45, 7) is -5.69. The highest BCUT2D eigenvalue weighted by atomic mass is 32.5. The molecule has 0 radical (unpaired) electrons. The fourth-order valence-corrected chi connectivity index (χ4v) is 7.16. The molecule has 2 bridgehead atoms. The molecule has 42 heavy (non-hydrogen) atoms. The first kappa shape index (κ1) is 29.5. The Morgan fingerprint density at radius 2 is 1.90 bits per heavy atom. The van der Waals surface area contributed by atoms with Crippen LogP contribution in [0.1, 0.15) is 28.5 Å². The molecule has 6 heterocycles. The summed E-state index contributed by atoms with van der Waals surface area (Å²) in [7, 11) is -5.05. The zero-order chi connectivity index (χ0) is 30.0. The van der Waals surface area contributed by atoms with Crippen LogP contribution in [0.3, 0.4) is 0 Å². The van der Waals surface area contributed by atoms with Gasteiger partial charge >= 0.3 is 14.5 Å². The number of nitrogen functional groups attached to an aromatic ring is 1. The molecule has 0 spiro atoms. The van der Waals surface area contributed by atoms with E-state index in [9.17, 15) is 24.3 Å². The Morgan fingerprint density at radius 1 is 1.14 bits per heavy atom. The number of phosphoric acid groups is 1. The van der Waals surface area contributed by atoms with Crippen molar-refractivity contribution >= 4 is 49.2 Å². The van der Waals surface area contributed by atoms with Gasteiger partial charge in [0.1, 0.15) is 54.2 Å². The van der Waals surface area contributed by atoms with Crippen molar-refractivity contribution in [2.75, 3.05) is 18.9 Å². The lowest BCUT2D eigenvalue weighted by molar-refractivity contribution is -0.0517. The van der Waals surface area contributed by atoms with Gasteiger partial charge in [-0.15, -0.1) is 0 Å². The first-order valence-electron chi connectivity index (χ1n) is 12.1. The molecule has 0 aliphatic carbocycles. The number of phosphoric ester groups is 1. The van der Waals surface area contributed by atoms with Gasteiger partial charge in [0.05, 0.1) is 25.2 Å². The number of nitrogens with two attached hydrogens (primary N) is 2. The van der Waals surface area contributed by atoms with Gasteiger partial charge in [-0.25, -0.2) is 23.9 Å². The van der Waals surface area contributed by atoms with E-state index in [1.807, 2.05) is 0 Å². The van der Waals surface area contributed by atoms with Crippen LogP contribution in [0, 0.1) is 0 Å². The number of rotatable bonds is 3. The van der Waals surface area contributed by atoms with Gasteiger partial charge in [-0.2, -0.15) is 5.10 Å². The minimum atomic E-state index is -5.05. The maximum absolute atomic E-state index is 15.8. The fourth-order valence-electron chi connectivity index (χ4n) is 4.79. The summed E-state index contributed by atoms with van der Waals surface area (Å²) in [5.74, 6) is -0.835. The van der Waals surface area contributed by atoms with E-state index < -0.39 is 82.7 Å². The molecule has 3 aliphatic rings. The minimum absolute atomic E-state index is 0.0268. The fraction of sp³-hybridized carbons (Fsp3) is 0.526. The Kier molecular flexibility index (Phi) is 7.66. The standard InChI is InChI=1S/C19H23FN8O11P2S/c20-10-14-9(37-19(10)28-5-25-11-16(21)23-4-24-18(11)28)3-35-41(33,42)39-15-12(29)8(2-34-40(31,32)38-14)36-13(15)6-1-7(17(22)30)27-26-6/h1,4-5,8-10,12-15,19,29H,2-3H2,(H2,22,30)(H,26,27)(H,31,32)(H,33,42)(H2,21,23,24)/t8-,9-,10-,12-,13+,14-,15-,19-,41?/m1/s1. The minimum Gasteiger partial charge on any atom is -0.387 e. The maximum atomic E-state index is 15.8. The predicted octanol–water partition coefficient (Wildman–Crippen LogP) is -0.899. The van der Waals surface area contributed by atoms with Gasteiger partial charge in [0.2, 0.25) is 0 Å². The molecular formula is C19H23FN8O11P2S. The smallest absolute Gasteiger partial charge is 0.387 e. The number of hydrogen-bond donors (Lipinski definition) is 6. The van der Waals surface area contributed by atoms with Crippen LogP contribution in [-0.2, 0) is 43.9 Å². The summed E-state index contributed by atoms with van der Waals surface area (Å²) in [6.07, 6.45) is -10.2. The van der Waals surface area contributed by atoms with E-state index in [0.717, 1.165) is 6.33 Å². The lowest BCUT2D eigenvalue weighted by Gasteiger charge is -2.26. The van der Waals surface area contributed by atoms with Crippen LogP contribution >= 0.6 is 14.5 Å². The number of hydrogen-bond acceptors (Lipinski definition) is 15. The number of primary amides is 1. The number of anilines is 1. The average molecular weight is 652 g/mol. The van der Waals surface area contributed by atoms with E-state index in [4.69, 9.17) is 50.8 Å². The van der Waals surface area contributed by atoms with E-state index in [1.54, 1.807) is 0 Å². The number of nitrogens with one attached hydrogen (secondary N) is 1. The molecule has 8 N–H and O–H groups in total. The van der Waals surface area contributed by atoms with E-state index in [0.29, 0.717) is 0 Å². The number of aliphatic hydroxyl groups is 1. The number of aromatic nitrogens is 6. The number of amides is 1. The molecule has 2 unspecified atom stereocenters. The highest BCUT2D eigenvalue weighted by Gasteiger charge is 2.53. The van der Waals surface area contributed by atoms with Crippen LogP contribution in [0.4, 0.5) is 10.2 Å². The molecule has 3 aromatic heterocycles. The van der Waals surface area contributed by atoms with E-state index in [-0.39, 0.29) is 28.4 Å². The van der Waals surface area contributed by atoms with Gasteiger partial charge < -0.3 is 40.4 Å². The Bertz CT molecular complexity index is 1610. The summed E-state index contributed by atoms with van der Waals surface area (Å²) >= 11 is 5.13. The summed E-state index contributed by atoms with van der Waals surface area (Å²) in [5.41, 5.74) is 11.2. The molecule has 228 valence electrons. The molecule has 3 aliphatic heterocycles. The van der Waals surface area contributed by atoms with E-state index in [1.165, 1.54) is 17.0 Å². The quantitative estimate of drug-likeness (QED) is 0.187. The van der Waals surface area contributed by atoms with Gasteiger partial charge in [0.15, 0.2) is 23.9 Å². The second-order valence-corrected chi connectivity index (χ2v) is 13.6. The first-order chi connectivity index (χ1) is 19.8.